The van der Waals surface area contributed by atoms with Gasteiger partial charge in [-0.2, -0.15) is 0 Å². The lowest BCUT2D eigenvalue weighted by molar-refractivity contribution is -0.137. The second-order valence-electron chi connectivity index (χ2n) is 4.21. The number of carboxylic acids is 1. The second-order valence-corrected chi connectivity index (χ2v) is 6.02. The lowest BCUT2D eigenvalue weighted by atomic mass is 10.2. The Hall–Kier alpha value is -1.99. The third-order valence-electron chi connectivity index (χ3n) is 2.86. The summed E-state index contributed by atoms with van der Waals surface area (Å²) in [5.74, 6) is -0.484. The van der Waals surface area contributed by atoms with Crippen LogP contribution in [-0.2, 0) is 11.2 Å². The van der Waals surface area contributed by atoms with Gasteiger partial charge in [0, 0.05) is 22.2 Å². The molecule has 0 aliphatic carbocycles. The minimum absolute atomic E-state index is 0.0440. The topological polar surface area (TPSA) is 83.0 Å². The number of hydrogen-bond acceptors (Lipinski definition) is 5. The van der Waals surface area contributed by atoms with Crippen LogP contribution in [0.2, 0.25) is 0 Å². The highest BCUT2D eigenvalue weighted by atomic mass is 32.1. The third kappa shape index (κ3) is 2.37. The number of nitrogens with zero attached hydrogens (tertiary/aromatic N) is 1. The Morgan fingerprint density at radius 3 is 2.95 bits per heavy atom. The summed E-state index contributed by atoms with van der Waals surface area (Å²) in [4.78, 5) is 31.5. The largest absolute Gasteiger partial charge is 0.481 e. The Bertz CT molecular complexity index is 818. The van der Waals surface area contributed by atoms with Gasteiger partial charge in [0.2, 0.25) is 0 Å². The third-order valence-corrected chi connectivity index (χ3v) is 4.63. The maximum Gasteiger partial charge on any atom is 0.303 e. The van der Waals surface area contributed by atoms with Crippen LogP contribution < -0.4 is 5.56 Å². The number of aromatic amines is 1. The zero-order chi connectivity index (χ0) is 14.1. The number of aryl methyl sites for hydroxylation is 1. The van der Waals surface area contributed by atoms with Gasteiger partial charge in [-0.1, -0.05) is 6.07 Å². The summed E-state index contributed by atoms with van der Waals surface area (Å²) in [5, 5.41) is 13.1. The molecule has 0 fully saturated rings. The van der Waals surface area contributed by atoms with Gasteiger partial charge in [0.15, 0.2) is 0 Å². The van der Waals surface area contributed by atoms with Gasteiger partial charge in [-0.05, 0) is 11.4 Å². The van der Waals surface area contributed by atoms with Crippen molar-refractivity contribution in [3.05, 3.63) is 39.1 Å². The maximum absolute atomic E-state index is 12.2. The molecule has 3 aromatic rings. The average Bonchev–Trinajstić information content (AvgIpc) is 3.04. The van der Waals surface area contributed by atoms with Crippen molar-refractivity contribution in [2.45, 2.75) is 12.8 Å². The summed E-state index contributed by atoms with van der Waals surface area (Å²) in [6, 6.07) is 3.90. The van der Waals surface area contributed by atoms with E-state index in [0.717, 1.165) is 10.4 Å². The van der Waals surface area contributed by atoms with Gasteiger partial charge in [0.05, 0.1) is 11.8 Å². The highest BCUT2D eigenvalue weighted by Crippen LogP contribution is 2.33. The molecule has 0 aliphatic heterocycles. The Balaban J connectivity index is 2.07. The summed E-state index contributed by atoms with van der Waals surface area (Å²) in [6.07, 6.45) is 0.185. The van der Waals surface area contributed by atoms with Crippen LogP contribution in [0.15, 0.2) is 27.7 Å². The van der Waals surface area contributed by atoms with E-state index in [1.165, 1.54) is 11.3 Å². The van der Waals surface area contributed by atoms with E-state index in [4.69, 9.17) is 5.11 Å². The molecule has 7 heteroatoms. The van der Waals surface area contributed by atoms with E-state index in [1.54, 1.807) is 11.3 Å². The molecule has 3 rings (SSSR count). The summed E-state index contributed by atoms with van der Waals surface area (Å²) < 4.78 is 0. The molecule has 0 unspecified atom stereocenters. The molecule has 0 aliphatic rings. The quantitative estimate of drug-likeness (QED) is 0.776. The second kappa shape index (κ2) is 5.18. The Kier molecular flexibility index (Phi) is 3.37. The van der Waals surface area contributed by atoms with Crippen molar-refractivity contribution in [3.8, 4) is 10.4 Å². The molecule has 3 heterocycles. The number of rotatable bonds is 4. The lowest BCUT2D eigenvalue weighted by Gasteiger charge is -1.99. The monoisotopic (exact) mass is 306 g/mol. The number of hydrogen-bond donors (Lipinski definition) is 2. The van der Waals surface area contributed by atoms with E-state index in [2.05, 4.69) is 9.97 Å². The number of thiophene rings is 2. The average molecular weight is 306 g/mol. The molecule has 0 bridgehead atoms. The van der Waals surface area contributed by atoms with Crippen LogP contribution in [0, 0.1) is 0 Å². The van der Waals surface area contributed by atoms with E-state index >= 15 is 0 Å². The van der Waals surface area contributed by atoms with Crippen molar-refractivity contribution >= 4 is 38.9 Å². The smallest absolute Gasteiger partial charge is 0.303 e. The van der Waals surface area contributed by atoms with Gasteiger partial charge in [-0.25, -0.2) is 4.98 Å². The molecule has 0 saturated carbocycles. The van der Waals surface area contributed by atoms with Gasteiger partial charge >= 0.3 is 5.97 Å². The molecule has 5 nitrogen and oxygen atoms in total. The van der Waals surface area contributed by atoms with E-state index in [9.17, 15) is 9.59 Å². The number of H-pyrrole nitrogens is 1. The summed E-state index contributed by atoms with van der Waals surface area (Å²) in [6.45, 7) is 0. The van der Waals surface area contributed by atoms with Crippen LogP contribution in [0.25, 0.3) is 20.7 Å². The maximum atomic E-state index is 12.2. The first-order valence-electron chi connectivity index (χ1n) is 5.91. The normalized spacial score (nSPS) is 11.0. The fourth-order valence-corrected chi connectivity index (χ4v) is 3.73. The SMILES string of the molecule is O=C(O)CCc1nc2scc(-c3cccs3)c2c(=O)[nH]1. The predicted molar refractivity (Wildman–Crippen MR) is 79.5 cm³/mol. The number of aromatic nitrogens is 2. The van der Waals surface area contributed by atoms with Gasteiger partial charge in [0.1, 0.15) is 10.7 Å². The van der Waals surface area contributed by atoms with Crippen LogP contribution in [0.3, 0.4) is 0 Å². The molecular weight excluding hydrogens is 296 g/mol. The van der Waals surface area contributed by atoms with E-state index in [0.29, 0.717) is 16.0 Å². The zero-order valence-electron chi connectivity index (χ0n) is 10.3. The minimum atomic E-state index is -0.904. The Morgan fingerprint density at radius 2 is 2.25 bits per heavy atom. The number of carboxylic acid groups (broad SMARTS) is 1. The highest BCUT2D eigenvalue weighted by Gasteiger charge is 2.13. The molecule has 0 saturated heterocycles. The summed E-state index contributed by atoms with van der Waals surface area (Å²) in [7, 11) is 0. The first kappa shape index (κ1) is 13.0. The molecule has 3 aromatic heterocycles. The molecule has 20 heavy (non-hydrogen) atoms. The predicted octanol–water partition coefficient (Wildman–Crippen LogP) is 2.73. The fraction of sp³-hybridized carbons (Fsp3) is 0.154. The first-order valence-corrected chi connectivity index (χ1v) is 7.67. The van der Waals surface area contributed by atoms with Crippen LogP contribution >= 0.6 is 22.7 Å². The molecule has 0 radical (unpaired) electrons. The van der Waals surface area contributed by atoms with E-state index < -0.39 is 5.97 Å². The van der Waals surface area contributed by atoms with Gasteiger partial charge < -0.3 is 10.1 Å². The van der Waals surface area contributed by atoms with E-state index in [-0.39, 0.29) is 18.4 Å². The molecule has 2 N–H and O–H groups in total. The summed E-state index contributed by atoms with van der Waals surface area (Å²) in [5.41, 5.74) is 0.679. The number of fused-ring (bicyclic) bond motifs is 1. The standard InChI is InChI=1S/C13H10N2O3S2/c16-10(17)4-3-9-14-12(18)11-7(6-20-13(11)15-9)8-2-1-5-19-8/h1-2,5-6H,3-4H2,(H,16,17)(H,14,15,18). The molecule has 0 aromatic carbocycles. The van der Waals surface area contributed by atoms with Gasteiger partial charge in [0.25, 0.3) is 5.56 Å². The highest BCUT2D eigenvalue weighted by molar-refractivity contribution is 7.18. The van der Waals surface area contributed by atoms with Crippen molar-refractivity contribution in [3.63, 3.8) is 0 Å². The van der Waals surface area contributed by atoms with Crippen LogP contribution in [-0.4, -0.2) is 21.0 Å². The van der Waals surface area contributed by atoms with Crippen molar-refractivity contribution < 1.29 is 9.90 Å². The lowest BCUT2D eigenvalue weighted by Crippen LogP contribution is -2.12. The number of nitrogens with one attached hydrogen (secondary N) is 1. The van der Waals surface area contributed by atoms with Gasteiger partial charge in [-0.3, -0.25) is 9.59 Å². The van der Waals surface area contributed by atoms with Crippen LogP contribution in [0.1, 0.15) is 12.2 Å². The van der Waals surface area contributed by atoms with Crippen LogP contribution in [0.5, 0.6) is 0 Å². The molecule has 0 atom stereocenters. The molecule has 0 amide bonds. The molecular formula is C13H10N2O3S2. The fourth-order valence-electron chi connectivity index (χ4n) is 1.95. The van der Waals surface area contributed by atoms with Crippen molar-refractivity contribution in [1.29, 1.82) is 0 Å². The number of carbonyl (C=O) groups is 1. The molecule has 0 spiro atoms. The number of aliphatic carboxylic acids is 1. The zero-order valence-corrected chi connectivity index (χ0v) is 11.9. The Morgan fingerprint density at radius 1 is 1.40 bits per heavy atom. The van der Waals surface area contributed by atoms with Crippen molar-refractivity contribution in [2.75, 3.05) is 0 Å². The van der Waals surface area contributed by atoms with E-state index in [1.807, 2.05) is 22.9 Å². The first-order chi connectivity index (χ1) is 9.65. The Labute approximate surface area is 121 Å². The van der Waals surface area contributed by atoms with Crippen LogP contribution in [0.4, 0.5) is 0 Å². The molecule has 102 valence electrons. The van der Waals surface area contributed by atoms with Crippen molar-refractivity contribution in [2.24, 2.45) is 0 Å². The van der Waals surface area contributed by atoms with Gasteiger partial charge in [-0.15, -0.1) is 22.7 Å². The minimum Gasteiger partial charge on any atom is -0.481 e. The van der Waals surface area contributed by atoms with Crippen molar-refractivity contribution in [1.82, 2.24) is 9.97 Å². The summed E-state index contributed by atoms with van der Waals surface area (Å²) >= 11 is 2.97.